The Kier molecular flexibility index (Phi) is 8.42. The summed E-state index contributed by atoms with van der Waals surface area (Å²) in [5.41, 5.74) is 6.63. The van der Waals surface area contributed by atoms with Crippen molar-refractivity contribution in [2.75, 3.05) is 6.54 Å². The van der Waals surface area contributed by atoms with Crippen LogP contribution in [0.3, 0.4) is 0 Å². The Labute approximate surface area is 116 Å². The highest BCUT2D eigenvalue weighted by molar-refractivity contribution is 5.85. The number of hydrogen-bond donors (Lipinski definition) is 2. The van der Waals surface area contributed by atoms with E-state index in [0.29, 0.717) is 5.92 Å². The van der Waals surface area contributed by atoms with Gasteiger partial charge in [-0.3, -0.25) is 4.79 Å². The van der Waals surface area contributed by atoms with Gasteiger partial charge in [0.15, 0.2) is 0 Å². The monoisotopic (exact) mass is 270 g/mol. The van der Waals surface area contributed by atoms with Crippen LogP contribution in [0.1, 0.15) is 25.8 Å². The highest BCUT2D eigenvalue weighted by atomic mass is 35.5. The number of benzene rings is 1. The van der Waals surface area contributed by atoms with Gasteiger partial charge in [-0.1, -0.05) is 44.2 Å². The second kappa shape index (κ2) is 8.95. The molecule has 0 bridgehead atoms. The van der Waals surface area contributed by atoms with Gasteiger partial charge < -0.3 is 11.1 Å². The fourth-order valence-electron chi connectivity index (χ4n) is 1.81. The molecule has 0 aliphatic rings. The van der Waals surface area contributed by atoms with Crippen LogP contribution in [0.2, 0.25) is 0 Å². The molecule has 0 spiro atoms. The largest absolute Gasteiger partial charge is 0.368 e. The van der Waals surface area contributed by atoms with E-state index < -0.39 is 0 Å². The molecule has 3 N–H and O–H groups in total. The molecule has 4 heteroatoms. The lowest BCUT2D eigenvalue weighted by Gasteiger charge is -2.17. The highest BCUT2D eigenvalue weighted by Crippen LogP contribution is 2.05. The van der Waals surface area contributed by atoms with Gasteiger partial charge in [-0.15, -0.1) is 12.4 Å². The number of rotatable bonds is 7. The Morgan fingerprint density at radius 3 is 2.39 bits per heavy atom. The SMILES string of the molecule is CC(C)C[C@H](NCCc1ccccc1)C(N)=O.Cl. The van der Waals surface area contributed by atoms with Gasteiger partial charge in [0.25, 0.3) is 0 Å². The van der Waals surface area contributed by atoms with Crippen molar-refractivity contribution < 1.29 is 4.79 Å². The Bertz CT molecular complexity index is 341. The van der Waals surface area contributed by atoms with E-state index in [1.54, 1.807) is 0 Å². The molecule has 0 aromatic heterocycles. The summed E-state index contributed by atoms with van der Waals surface area (Å²) in [5, 5.41) is 3.22. The van der Waals surface area contributed by atoms with Crippen molar-refractivity contribution in [1.29, 1.82) is 0 Å². The maximum Gasteiger partial charge on any atom is 0.234 e. The molecule has 0 radical (unpaired) electrons. The molecule has 102 valence electrons. The van der Waals surface area contributed by atoms with Crippen LogP contribution in [0, 0.1) is 5.92 Å². The summed E-state index contributed by atoms with van der Waals surface area (Å²) < 4.78 is 0. The zero-order valence-electron chi connectivity index (χ0n) is 11.1. The van der Waals surface area contributed by atoms with Crippen molar-refractivity contribution in [1.82, 2.24) is 5.32 Å². The molecule has 0 saturated carbocycles. The molecular weight excluding hydrogens is 248 g/mol. The van der Waals surface area contributed by atoms with Crippen LogP contribution in [0.25, 0.3) is 0 Å². The topological polar surface area (TPSA) is 55.1 Å². The lowest BCUT2D eigenvalue weighted by Crippen LogP contribution is -2.42. The van der Waals surface area contributed by atoms with Crippen molar-refractivity contribution in [3.05, 3.63) is 35.9 Å². The van der Waals surface area contributed by atoms with Crippen LogP contribution < -0.4 is 11.1 Å². The molecule has 1 aromatic rings. The third kappa shape index (κ3) is 6.62. The minimum Gasteiger partial charge on any atom is -0.368 e. The molecule has 1 amide bonds. The second-order valence-electron chi connectivity index (χ2n) is 4.77. The van der Waals surface area contributed by atoms with Crippen LogP contribution >= 0.6 is 12.4 Å². The van der Waals surface area contributed by atoms with Gasteiger partial charge >= 0.3 is 0 Å². The first-order valence-electron chi connectivity index (χ1n) is 6.16. The van der Waals surface area contributed by atoms with Gasteiger partial charge in [-0.2, -0.15) is 0 Å². The van der Waals surface area contributed by atoms with Crippen molar-refractivity contribution in [3.63, 3.8) is 0 Å². The third-order valence-corrected chi connectivity index (χ3v) is 2.70. The molecule has 1 rings (SSSR count). The average molecular weight is 271 g/mol. The normalized spacial score (nSPS) is 11.9. The quantitative estimate of drug-likeness (QED) is 0.798. The molecule has 0 unspecified atom stereocenters. The minimum absolute atomic E-state index is 0. The summed E-state index contributed by atoms with van der Waals surface area (Å²) in [7, 11) is 0. The minimum atomic E-state index is -0.258. The molecule has 1 atom stereocenters. The van der Waals surface area contributed by atoms with E-state index in [0.717, 1.165) is 19.4 Å². The predicted molar refractivity (Wildman–Crippen MR) is 77.8 cm³/mol. The summed E-state index contributed by atoms with van der Waals surface area (Å²) in [5.74, 6) is 0.212. The molecule has 18 heavy (non-hydrogen) atoms. The number of carbonyl (C=O) groups excluding carboxylic acids is 1. The molecule has 0 saturated heterocycles. The van der Waals surface area contributed by atoms with E-state index in [9.17, 15) is 4.79 Å². The molecule has 0 fully saturated rings. The van der Waals surface area contributed by atoms with E-state index in [4.69, 9.17) is 5.73 Å². The summed E-state index contributed by atoms with van der Waals surface area (Å²) in [6.07, 6.45) is 1.72. The maximum atomic E-state index is 11.2. The third-order valence-electron chi connectivity index (χ3n) is 2.70. The lowest BCUT2D eigenvalue weighted by atomic mass is 10.0. The molecule has 3 nitrogen and oxygen atoms in total. The van der Waals surface area contributed by atoms with E-state index in [1.165, 1.54) is 5.56 Å². The summed E-state index contributed by atoms with van der Waals surface area (Å²) in [6, 6.07) is 10.0. The van der Waals surface area contributed by atoms with E-state index in [-0.39, 0.29) is 24.4 Å². The number of primary amides is 1. The molecule has 0 aliphatic carbocycles. The Morgan fingerprint density at radius 2 is 1.89 bits per heavy atom. The first kappa shape index (κ1) is 16.9. The fourth-order valence-corrected chi connectivity index (χ4v) is 1.81. The van der Waals surface area contributed by atoms with Crippen LogP contribution in [0.15, 0.2) is 30.3 Å². The van der Waals surface area contributed by atoms with Crippen molar-refractivity contribution in [2.24, 2.45) is 11.7 Å². The summed E-state index contributed by atoms with van der Waals surface area (Å²) in [4.78, 5) is 11.2. The Hall–Kier alpha value is -1.06. The van der Waals surface area contributed by atoms with E-state index in [2.05, 4.69) is 31.3 Å². The van der Waals surface area contributed by atoms with Gasteiger partial charge in [0.2, 0.25) is 5.91 Å². The Morgan fingerprint density at radius 1 is 1.28 bits per heavy atom. The molecule has 0 aliphatic heterocycles. The number of hydrogen-bond acceptors (Lipinski definition) is 2. The van der Waals surface area contributed by atoms with E-state index >= 15 is 0 Å². The first-order valence-corrected chi connectivity index (χ1v) is 6.16. The summed E-state index contributed by atoms with van der Waals surface area (Å²) in [6.45, 7) is 4.97. The maximum absolute atomic E-state index is 11.2. The number of amides is 1. The number of nitrogens with one attached hydrogen (secondary N) is 1. The van der Waals surface area contributed by atoms with Crippen molar-refractivity contribution >= 4 is 18.3 Å². The average Bonchev–Trinajstić information content (AvgIpc) is 2.28. The van der Waals surface area contributed by atoms with Gasteiger partial charge in [0, 0.05) is 0 Å². The van der Waals surface area contributed by atoms with Crippen LogP contribution in [0.5, 0.6) is 0 Å². The summed E-state index contributed by atoms with van der Waals surface area (Å²) >= 11 is 0. The first-order chi connectivity index (χ1) is 8.09. The number of halogens is 1. The zero-order chi connectivity index (χ0) is 12.7. The second-order valence-corrected chi connectivity index (χ2v) is 4.77. The van der Waals surface area contributed by atoms with Crippen LogP contribution in [-0.4, -0.2) is 18.5 Å². The van der Waals surface area contributed by atoms with Crippen LogP contribution in [0.4, 0.5) is 0 Å². The van der Waals surface area contributed by atoms with E-state index in [1.807, 2.05) is 18.2 Å². The van der Waals surface area contributed by atoms with Gasteiger partial charge in [-0.25, -0.2) is 0 Å². The number of carbonyl (C=O) groups is 1. The van der Waals surface area contributed by atoms with Gasteiger partial charge in [0.1, 0.15) is 0 Å². The fraction of sp³-hybridized carbons (Fsp3) is 0.500. The van der Waals surface area contributed by atoms with Gasteiger partial charge in [-0.05, 0) is 30.9 Å². The van der Waals surface area contributed by atoms with Crippen molar-refractivity contribution in [3.8, 4) is 0 Å². The lowest BCUT2D eigenvalue weighted by molar-refractivity contribution is -0.120. The molecule has 0 heterocycles. The molecule has 1 aromatic carbocycles. The van der Waals surface area contributed by atoms with Crippen molar-refractivity contribution in [2.45, 2.75) is 32.7 Å². The predicted octanol–water partition coefficient (Wildman–Crippen LogP) is 2.14. The Balaban J connectivity index is 0.00000289. The highest BCUT2D eigenvalue weighted by Gasteiger charge is 2.15. The van der Waals surface area contributed by atoms with Gasteiger partial charge in [0.05, 0.1) is 6.04 Å². The molecular formula is C14H23ClN2O. The standard InChI is InChI=1S/C14H22N2O.ClH/c1-11(2)10-13(14(15)17)16-9-8-12-6-4-3-5-7-12;/h3-7,11,13,16H,8-10H2,1-2H3,(H2,15,17);1H/t13-;/m0./s1. The number of nitrogens with two attached hydrogens (primary N) is 1. The smallest absolute Gasteiger partial charge is 0.234 e. The van der Waals surface area contributed by atoms with Crippen LogP contribution in [-0.2, 0) is 11.2 Å². The zero-order valence-corrected chi connectivity index (χ0v) is 11.9.